The van der Waals surface area contributed by atoms with E-state index in [2.05, 4.69) is 10.1 Å². The molecule has 2 rings (SSSR count). The van der Waals surface area contributed by atoms with Gasteiger partial charge in [-0.3, -0.25) is 0 Å². The number of hydrogen-bond donors (Lipinski definition) is 1. The molecule has 1 aromatic carbocycles. The minimum atomic E-state index is -4.36. The summed E-state index contributed by atoms with van der Waals surface area (Å²) < 4.78 is 43.0. The molecule has 0 saturated heterocycles. The quantitative estimate of drug-likeness (QED) is 0.941. The van der Waals surface area contributed by atoms with Crippen molar-refractivity contribution in [3.8, 4) is 0 Å². The molecule has 0 saturated carbocycles. The second kappa shape index (κ2) is 5.48. The van der Waals surface area contributed by atoms with Gasteiger partial charge in [0.25, 0.3) is 0 Å². The summed E-state index contributed by atoms with van der Waals surface area (Å²) in [5, 5.41) is 3.77. The molecule has 1 heterocycles. The molecular formula is C14H16F3N3O. The molecule has 1 unspecified atom stereocenters. The van der Waals surface area contributed by atoms with Crippen LogP contribution < -0.4 is 5.73 Å². The van der Waals surface area contributed by atoms with E-state index < -0.39 is 17.3 Å². The fourth-order valence-corrected chi connectivity index (χ4v) is 1.75. The lowest BCUT2D eigenvalue weighted by molar-refractivity contribution is -0.137. The molecule has 0 fully saturated rings. The van der Waals surface area contributed by atoms with Crippen LogP contribution in [-0.4, -0.2) is 10.1 Å². The summed E-state index contributed by atoms with van der Waals surface area (Å²) in [5.74, 6) is 0.599. The van der Waals surface area contributed by atoms with E-state index in [4.69, 9.17) is 10.3 Å². The first-order valence-corrected chi connectivity index (χ1v) is 6.50. The third-order valence-corrected chi connectivity index (χ3v) is 3.31. The van der Waals surface area contributed by atoms with Gasteiger partial charge in [0.1, 0.15) is 0 Å². The largest absolute Gasteiger partial charge is 0.416 e. The van der Waals surface area contributed by atoms with E-state index in [1.54, 1.807) is 13.0 Å². The van der Waals surface area contributed by atoms with Crippen molar-refractivity contribution in [2.45, 2.75) is 38.4 Å². The van der Waals surface area contributed by atoms with E-state index in [9.17, 15) is 13.2 Å². The fourth-order valence-electron chi connectivity index (χ4n) is 1.75. The van der Waals surface area contributed by atoms with Gasteiger partial charge in [0, 0.05) is 6.42 Å². The molecule has 2 aromatic rings. The SMILES string of the molecule is CCC(C)(N)c1nc(Cc2cccc(C(F)(F)F)c2)no1. The summed E-state index contributed by atoms with van der Waals surface area (Å²) in [7, 11) is 0. The van der Waals surface area contributed by atoms with Crippen molar-refractivity contribution in [1.82, 2.24) is 10.1 Å². The van der Waals surface area contributed by atoms with E-state index in [1.165, 1.54) is 6.07 Å². The Labute approximate surface area is 120 Å². The maximum absolute atomic E-state index is 12.6. The predicted molar refractivity (Wildman–Crippen MR) is 70.4 cm³/mol. The second-order valence-corrected chi connectivity index (χ2v) is 5.16. The van der Waals surface area contributed by atoms with Crippen molar-refractivity contribution >= 4 is 0 Å². The van der Waals surface area contributed by atoms with Crippen LogP contribution in [0.3, 0.4) is 0 Å². The zero-order chi connectivity index (χ0) is 15.7. The van der Waals surface area contributed by atoms with Gasteiger partial charge in [0.05, 0.1) is 11.1 Å². The summed E-state index contributed by atoms with van der Waals surface area (Å²) in [4.78, 5) is 4.16. The smallest absolute Gasteiger partial charge is 0.337 e. The average Bonchev–Trinajstić information content (AvgIpc) is 2.87. The highest BCUT2D eigenvalue weighted by Crippen LogP contribution is 2.30. The van der Waals surface area contributed by atoms with Crippen molar-refractivity contribution < 1.29 is 17.7 Å². The van der Waals surface area contributed by atoms with Crippen molar-refractivity contribution in [2.24, 2.45) is 5.73 Å². The topological polar surface area (TPSA) is 64.9 Å². The Kier molecular flexibility index (Phi) is 4.04. The van der Waals surface area contributed by atoms with Crippen molar-refractivity contribution in [3.05, 3.63) is 47.1 Å². The first-order chi connectivity index (χ1) is 9.72. The zero-order valence-corrected chi connectivity index (χ0v) is 11.7. The van der Waals surface area contributed by atoms with E-state index in [1.807, 2.05) is 6.92 Å². The Morgan fingerprint density at radius 2 is 2.00 bits per heavy atom. The average molecular weight is 299 g/mol. The van der Waals surface area contributed by atoms with Gasteiger partial charge >= 0.3 is 6.18 Å². The molecule has 0 bridgehead atoms. The van der Waals surface area contributed by atoms with Crippen molar-refractivity contribution in [1.29, 1.82) is 0 Å². The molecule has 0 radical (unpaired) electrons. The van der Waals surface area contributed by atoms with Crippen LogP contribution in [0.15, 0.2) is 28.8 Å². The van der Waals surface area contributed by atoms with Gasteiger partial charge < -0.3 is 10.3 Å². The molecule has 1 atom stereocenters. The van der Waals surface area contributed by atoms with Gasteiger partial charge in [-0.1, -0.05) is 30.3 Å². The highest BCUT2D eigenvalue weighted by atomic mass is 19.4. The molecule has 21 heavy (non-hydrogen) atoms. The van der Waals surface area contributed by atoms with E-state index in [0.717, 1.165) is 12.1 Å². The molecule has 2 N–H and O–H groups in total. The van der Waals surface area contributed by atoms with Crippen LogP contribution in [0.5, 0.6) is 0 Å². The molecular weight excluding hydrogens is 283 g/mol. The molecule has 0 aliphatic rings. The van der Waals surface area contributed by atoms with Gasteiger partial charge in [-0.05, 0) is 25.0 Å². The number of nitrogens with two attached hydrogens (primary N) is 1. The van der Waals surface area contributed by atoms with E-state index in [0.29, 0.717) is 17.8 Å². The summed E-state index contributed by atoms with van der Waals surface area (Å²) >= 11 is 0. The van der Waals surface area contributed by atoms with Gasteiger partial charge in [0.2, 0.25) is 5.89 Å². The normalized spacial score (nSPS) is 15.0. The lowest BCUT2D eigenvalue weighted by atomic mass is 10.0. The number of alkyl halides is 3. The van der Waals surface area contributed by atoms with Gasteiger partial charge in [-0.15, -0.1) is 0 Å². The Balaban J connectivity index is 2.20. The molecule has 0 aliphatic heterocycles. The Bertz CT molecular complexity index is 620. The molecule has 1 aromatic heterocycles. The van der Waals surface area contributed by atoms with Crippen LogP contribution in [0, 0.1) is 0 Å². The Hall–Kier alpha value is -1.89. The number of rotatable bonds is 4. The lowest BCUT2D eigenvalue weighted by Gasteiger charge is -2.16. The third kappa shape index (κ3) is 3.60. The van der Waals surface area contributed by atoms with E-state index >= 15 is 0 Å². The Morgan fingerprint density at radius 1 is 1.29 bits per heavy atom. The third-order valence-electron chi connectivity index (χ3n) is 3.31. The summed E-state index contributed by atoms with van der Waals surface area (Å²) in [6.07, 6.45) is -3.60. The number of nitrogens with zero attached hydrogens (tertiary/aromatic N) is 2. The fraction of sp³-hybridized carbons (Fsp3) is 0.429. The van der Waals surface area contributed by atoms with Crippen LogP contribution in [0.4, 0.5) is 13.2 Å². The van der Waals surface area contributed by atoms with Crippen LogP contribution in [0.1, 0.15) is 43.1 Å². The van der Waals surface area contributed by atoms with Gasteiger partial charge in [-0.25, -0.2) is 0 Å². The highest BCUT2D eigenvalue weighted by molar-refractivity contribution is 5.27. The molecule has 7 heteroatoms. The Morgan fingerprint density at radius 3 is 2.62 bits per heavy atom. The zero-order valence-electron chi connectivity index (χ0n) is 11.7. The first kappa shape index (κ1) is 15.5. The monoisotopic (exact) mass is 299 g/mol. The van der Waals surface area contributed by atoms with Crippen LogP contribution in [-0.2, 0) is 18.1 Å². The van der Waals surface area contributed by atoms with Crippen molar-refractivity contribution in [2.75, 3.05) is 0 Å². The molecule has 114 valence electrons. The number of hydrogen-bond acceptors (Lipinski definition) is 4. The summed E-state index contributed by atoms with van der Waals surface area (Å²) in [6.45, 7) is 3.64. The van der Waals surface area contributed by atoms with Gasteiger partial charge in [0.15, 0.2) is 5.82 Å². The predicted octanol–water partition coefficient (Wildman–Crippen LogP) is 3.26. The maximum atomic E-state index is 12.6. The van der Waals surface area contributed by atoms with Crippen LogP contribution >= 0.6 is 0 Å². The summed E-state index contributed by atoms with van der Waals surface area (Å²) in [5.41, 5.74) is 5.01. The molecule has 0 aliphatic carbocycles. The van der Waals surface area contributed by atoms with Crippen LogP contribution in [0.25, 0.3) is 0 Å². The minimum absolute atomic E-state index is 0.160. The van der Waals surface area contributed by atoms with Crippen LogP contribution in [0.2, 0.25) is 0 Å². The molecule has 0 amide bonds. The van der Waals surface area contributed by atoms with E-state index in [-0.39, 0.29) is 12.3 Å². The molecule has 0 spiro atoms. The van der Waals surface area contributed by atoms with Crippen molar-refractivity contribution in [3.63, 3.8) is 0 Å². The first-order valence-electron chi connectivity index (χ1n) is 6.50. The highest BCUT2D eigenvalue weighted by Gasteiger charge is 2.30. The standard InChI is InChI=1S/C14H16F3N3O/c1-3-13(2,18)12-19-11(20-21-12)8-9-5-4-6-10(7-9)14(15,16)17/h4-7H,3,8,18H2,1-2H3. The number of aromatic nitrogens is 2. The minimum Gasteiger partial charge on any atom is -0.337 e. The maximum Gasteiger partial charge on any atom is 0.416 e. The van der Waals surface area contributed by atoms with Gasteiger partial charge in [-0.2, -0.15) is 18.2 Å². The molecule has 4 nitrogen and oxygen atoms in total. The second-order valence-electron chi connectivity index (χ2n) is 5.16. The summed E-state index contributed by atoms with van der Waals surface area (Å²) in [6, 6.07) is 5.06. The number of halogens is 3. The lowest BCUT2D eigenvalue weighted by Crippen LogP contribution is -2.32. The number of benzene rings is 1.